The van der Waals surface area contributed by atoms with Crippen LogP contribution in [0.1, 0.15) is 40.7 Å². The maximum absolute atomic E-state index is 13.0. The number of allylic oxidation sites excluding steroid dienone is 1. The summed E-state index contributed by atoms with van der Waals surface area (Å²) >= 11 is 0. The van der Waals surface area contributed by atoms with Crippen LogP contribution >= 0.6 is 0 Å². The molecule has 1 amide bonds. The molecule has 0 bridgehead atoms. The van der Waals surface area contributed by atoms with E-state index in [2.05, 4.69) is 11.4 Å². The molecule has 1 aliphatic rings. The average molecular weight is 396 g/mol. The summed E-state index contributed by atoms with van der Waals surface area (Å²) < 4.78 is 12.2. The molecule has 29 heavy (non-hydrogen) atoms. The van der Waals surface area contributed by atoms with Gasteiger partial charge in [0.25, 0.3) is 11.5 Å². The second-order valence-corrected chi connectivity index (χ2v) is 7.25. The van der Waals surface area contributed by atoms with Crippen molar-refractivity contribution in [2.75, 3.05) is 14.2 Å². The molecule has 1 N–H and O–H groups in total. The van der Waals surface area contributed by atoms with Crippen LogP contribution in [0.25, 0.3) is 0 Å². The van der Waals surface area contributed by atoms with Crippen molar-refractivity contribution in [1.82, 2.24) is 9.88 Å². The number of nitrogens with one attached hydrogen (secondary N) is 1. The molecule has 0 saturated heterocycles. The SMILES string of the molecule is COc1ccc(CCn2ccc(C)c(C(=O)NC3C=CCCC3)c2=O)cc1OC. The lowest BCUT2D eigenvalue weighted by Crippen LogP contribution is -2.39. The second-order valence-electron chi connectivity index (χ2n) is 7.25. The largest absolute Gasteiger partial charge is 0.493 e. The van der Waals surface area contributed by atoms with Gasteiger partial charge in [-0.1, -0.05) is 18.2 Å². The lowest BCUT2D eigenvalue weighted by atomic mass is 10.0. The maximum atomic E-state index is 13.0. The van der Waals surface area contributed by atoms with E-state index in [1.807, 2.05) is 30.3 Å². The number of aromatic nitrogens is 1. The van der Waals surface area contributed by atoms with Gasteiger partial charge in [-0.15, -0.1) is 0 Å². The van der Waals surface area contributed by atoms with Crippen molar-refractivity contribution in [3.8, 4) is 11.5 Å². The van der Waals surface area contributed by atoms with Gasteiger partial charge in [0.1, 0.15) is 5.56 Å². The highest BCUT2D eigenvalue weighted by Gasteiger charge is 2.19. The molecule has 1 atom stereocenters. The Morgan fingerprint density at radius 1 is 1.21 bits per heavy atom. The molecule has 6 heteroatoms. The quantitative estimate of drug-likeness (QED) is 0.730. The number of rotatable bonds is 7. The van der Waals surface area contributed by atoms with Crippen LogP contribution in [-0.4, -0.2) is 30.7 Å². The number of nitrogens with zero attached hydrogens (tertiary/aromatic N) is 1. The number of carbonyl (C=O) groups is 1. The Kier molecular flexibility index (Phi) is 6.75. The summed E-state index contributed by atoms with van der Waals surface area (Å²) in [5.41, 5.74) is 1.67. The number of ether oxygens (including phenoxy) is 2. The first kappa shape index (κ1) is 20.7. The van der Waals surface area contributed by atoms with Gasteiger partial charge < -0.3 is 19.4 Å². The maximum Gasteiger partial charge on any atom is 0.263 e. The highest BCUT2D eigenvalue weighted by atomic mass is 16.5. The molecule has 1 heterocycles. The number of amides is 1. The minimum absolute atomic E-state index is 0.00419. The van der Waals surface area contributed by atoms with Gasteiger partial charge in [-0.3, -0.25) is 9.59 Å². The first-order chi connectivity index (χ1) is 14.0. The van der Waals surface area contributed by atoms with E-state index >= 15 is 0 Å². The third kappa shape index (κ3) is 4.88. The van der Waals surface area contributed by atoms with Crippen LogP contribution < -0.4 is 20.3 Å². The first-order valence-corrected chi connectivity index (χ1v) is 9.92. The molecule has 0 spiro atoms. The Labute approximate surface area is 171 Å². The Hall–Kier alpha value is -3.02. The fourth-order valence-corrected chi connectivity index (χ4v) is 3.58. The van der Waals surface area contributed by atoms with Crippen LogP contribution in [0, 0.1) is 6.92 Å². The number of methoxy groups -OCH3 is 2. The molecule has 1 unspecified atom stereocenters. The summed E-state index contributed by atoms with van der Waals surface area (Å²) in [6.07, 6.45) is 9.46. The zero-order chi connectivity index (χ0) is 20.8. The topological polar surface area (TPSA) is 69.6 Å². The first-order valence-electron chi connectivity index (χ1n) is 9.92. The van der Waals surface area contributed by atoms with E-state index < -0.39 is 0 Å². The van der Waals surface area contributed by atoms with E-state index in [9.17, 15) is 9.59 Å². The van der Waals surface area contributed by atoms with Crippen LogP contribution in [0.3, 0.4) is 0 Å². The monoisotopic (exact) mass is 396 g/mol. The van der Waals surface area contributed by atoms with E-state index in [0.717, 1.165) is 24.8 Å². The van der Waals surface area contributed by atoms with E-state index in [-0.39, 0.29) is 23.1 Å². The molecule has 0 saturated carbocycles. The second kappa shape index (κ2) is 9.45. The fraction of sp³-hybridized carbons (Fsp3) is 0.391. The number of pyridine rings is 1. The van der Waals surface area contributed by atoms with Crippen molar-refractivity contribution in [1.29, 1.82) is 0 Å². The number of hydrogen-bond donors (Lipinski definition) is 1. The van der Waals surface area contributed by atoms with Gasteiger partial charge in [0, 0.05) is 18.8 Å². The zero-order valence-corrected chi connectivity index (χ0v) is 17.2. The van der Waals surface area contributed by atoms with E-state index in [0.29, 0.717) is 30.0 Å². The van der Waals surface area contributed by atoms with Gasteiger partial charge in [-0.05, 0) is 61.9 Å². The highest BCUT2D eigenvalue weighted by molar-refractivity contribution is 5.95. The summed E-state index contributed by atoms with van der Waals surface area (Å²) in [7, 11) is 3.19. The van der Waals surface area contributed by atoms with Crippen molar-refractivity contribution in [3.63, 3.8) is 0 Å². The minimum Gasteiger partial charge on any atom is -0.493 e. The van der Waals surface area contributed by atoms with Gasteiger partial charge in [-0.25, -0.2) is 0 Å². The van der Waals surface area contributed by atoms with E-state index in [1.54, 1.807) is 31.9 Å². The van der Waals surface area contributed by atoms with Crippen molar-refractivity contribution in [2.24, 2.45) is 0 Å². The van der Waals surface area contributed by atoms with E-state index in [1.165, 1.54) is 0 Å². The van der Waals surface area contributed by atoms with Gasteiger partial charge in [0.15, 0.2) is 11.5 Å². The summed E-state index contributed by atoms with van der Waals surface area (Å²) in [5, 5.41) is 2.98. The van der Waals surface area contributed by atoms with Crippen molar-refractivity contribution in [2.45, 2.75) is 45.2 Å². The number of aryl methyl sites for hydroxylation is 3. The van der Waals surface area contributed by atoms with Gasteiger partial charge in [0.05, 0.1) is 14.2 Å². The summed E-state index contributed by atoms with van der Waals surface area (Å²) in [5.74, 6) is 1.02. The standard InChI is InChI=1S/C23H28N2O4/c1-16-11-13-25(14-12-17-9-10-19(28-2)20(15-17)29-3)23(27)21(16)22(26)24-18-7-5-4-6-8-18/h5,7,9-11,13,15,18H,4,6,8,12,14H2,1-3H3,(H,24,26). The van der Waals surface area contributed by atoms with Crippen LogP contribution in [-0.2, 0) is 13.0 Å². The molecule has 0 radical (unpaired) electrons. The van der Waals surface area contributed by atoms with Gasteiger partial charge >= 0.3 is 0 Å². The van der Waals surface area contributed by atoms with Crippen LogP contribution in [0.5, 0.6) is 11.5 Å². The molecule has 1 aromatic carbocycles. The predicted octanol–water partition coefficient (Wildman–Crippen LogP) is 3.26. The third-order valence-electron chi connectivity index (χ3n) is 5.26. The molecule has 154 valence electrons. The smallest absolute Gasteiger partial charge is 0.263 e. The third-order valence-corrected chi connectivity index (χ3v) is 5.26. The Morgan fingerprint density at radius 3 is 2.69 bits per heavy atom. The summed E-state index contributed by atoms with van der Waals surface area (Å²) in [6, 6.07) is 7.52. The molecule has 1 aromatic heterocycles. The predicted molar refractivity (Wildman–Crippen MR) is 113 cm³/mol. The van der Waals surface area contributed by atoms with Crippen LogP contribution in [0.15, 0.2) is 47.4 Å². The van der Waals surface area contributed by atoms with Gasteiger partial charge in [-0.2, -0.15) is 0 Å². The summed E-state index contributed by atoms with van der Waals surface area (Å²) in [4.78, 5) is 25.7. The van der Waals surface area contributed by atoms with Crippen LogP contribution in [0.4, 0.5) is 0 Å². The minimum atomic E-state index is -0.301. The van der Waals surface area contributed by atoms with Crippen LogP contribution in [0.2, 0.25) is 0 Å². The number of benzene rings is 1. The lowest BCUT2D eigenvalue weighted by molar-refractivity contribution is 0.0939. The molecular formula is C23H28N2O4. The average Bonchev–Trinajstić information content (AvgIpc) is 2.73. The molecule has 6 nitrogen and oxygen atoms in total. The van der Waals surface area contributed by atoms with E-state index in [4.69, 9.17) is 9.47 Å². The highest BCUT2D eigenvalue weighted by Crippen LogP contribution is 2.27. The van der Waals surface area contributed by atoms with Crippen molar-refractivity contribution in [3.05, 3.63) is 69.7 Å². The van der Waals surface area contributed by atoms with Crippen molar-refractivity contribution >= 4 is 5.91 Å². The normalized spacial score (nSPS) is 15.8. The van der Waals surface area contributed by atoms with Gasteiger partial charge in [0.2, 0.25) is 0 Å². The molecule has 3 rings (SSSR count). The fourth-order valence-electron chi connectivity index (χ4n) is 3.58. The summed E-state index contributed by atoms with van der Waals surface area (Å²) in [6.45, 7) is 2.27. The molecule has 0 fully saturated rings. The Bertz CT molecular complexity index is 962. The number of hydrogen-bond acceptors (Lipinski definition) is 4. The Morgan fingerprint density at radius 2 is 2.00 bits per heavy atom. The molecular weight excluding hydrogens is 368 g/mol. The molecule has 1 aliphatic carbocycles. The lowest BCUT2D eigenvalue weighted by Gasteiger charge is -2.19. The Balaban J connectivity index is 1.76. The van der Waals surface area contributed by atoms with Crippen molar-refractivity contribution < 1.29 is 14.3 Å². The zero-order valence-electron chi connectivity index (χ0n) is 17.2. The molecule has 0 aliphatic heterocycles. The molecule has 2 aromatic rings. The number of carbonyl (C=O) groups excluding carboxylic acids is 1.